The van der Waals surface area contributed by atoms with E-state index in [1.54, 1.807) is 0 Å². The van der Waals surface area contributed by atoms with Gasteiger partial charge in [-0.05, 0) is 18.9 Å². The van der Waals surface area contributed by atoms with Gasteiger partial charge in [-0.25, -0.2) is 4.79 Å². The molecule has 2 unspecified atom stereocenters. The minimum absolute atomic E-state index is 0.266. The molecule has 0 amide bonds. The molecular formula is C13H19NO5. The Morgan fingerprint density at radius 1 is 1.21 bits per heavy atom. The maximum absolute atomic E-state index is 9.72. The highest BCUT2D eigenvalue weighted by Gasteiger charge is 2.16. The van der Waals surface area contributed by atoms with Crippen LogP contribution in [0.3, 0.4) is 0 Å². The van der Waals surface area contributed by atoms with Gasteiger partial charge in [0.1, 0.15) is 0 Å². The number of benzene rings is 1. The number of hydrogen-bond acceptors (Lipinski definition) is 4. The summed E-state index contributed by atoms with van der Waals surface area (Å²) in [4.78, 5) is 19.4. The normalized spacial score (nSPS) is 12.8. The van der Waals surface area contributed by atoms with Gasteiger partial charge in [0, 0.05) is 6.04 Å². The molecule has 1 aromatic carbocycles. The molecule has 0 radical (unpaired) electrons. The average Bonchev–Trinajstić information content (AvgIpc) is 2.29. The van der Waals surface area contributed by atoms with Crippen molar-refractivity contribution in [3.8, 4) is 0 Å². The molecule has 0 aliphatic carbocycles. The van der Waals surface area contributed by atoms with Crippen molar-refractivity contribution < 1.29 is 24.9 Å². The molecule has 0 fully saturated rings. The van der Waals surface area contributed by atoms with Gasteiger partial charge in [-0.3, -0.25) is 4.79 Å². The zero-order valence-electron chi connectivity index (χ0n) is 10.7. The second-order valence-electron chi connectivity index (χ2n) is 4.12. The Hall–Kier alpha value is -1.92. The summed E-state index contributed by atoms with van der Waals surface area (Å²) in [7, 11) is 0. The van der Waals surface area contributed by atoms with Gasteiger partial charge in [-0.15, -0.1) is 0 Å². The van der Waals surface area contributed by atoms with Gasteiger partial charge in [-0.2, -0.15) is 0 Å². The molecule has 106 valence electrons. The highest BCUT2D eigenvalue weighted by Crippen LogP contribution is 2.00. The molecule has 1 aromatic rings. The topological polar surface area (TPSA) is 121 Å². The van der Waals surface area contributed by atoms with Crippen LogP contribution >= 0.6 is 0 Å². The summed E-state index contributed by atoms with van der Waals surface area (Å²) in [5.74, 6) is -2.85. The molecule has 5 N–H and O–H groups in total. The number of aliphatic carboxylic acids is 2. The fourth-order valence-corrected chi connectivity index (χ4v) is 1.24. The van der Waals surface area contributed by atoms with Gasteiger partial charge >= 0.3 is 11.9 Å². The summed E-state index contributed by atoms with van der Waals surface area (Å²) in [6.45, 7) is 2.02. The Labute approximate surface area is 111 Å². The minimum atomic E-state index is -1.79. The first-order chi connectivity index (χ1) is 8.82. The van der Waals surface area contributed by atoms with Crippen molar-refractivity contribution in [3.05, 3.63) is 35.9 Å². The van der Waals surface area contributed by atoms with Crippen LogP contribution in [-0.4, -0.2) is 39.4 Å². The summed E-state index contributed by atoms with van der Waals surface area (Å²) in [5.41, 5.74) is 6.94. The number of nitrogens with two attached hydrogens (primary N) is 1. The standard InChI is InChI=1S/C9H13N.C4H6O5/c1-8(10)7-9-5-3-2-4-6-9;5-2(4(8)9)1-3(6)7/h2-6,8H,7,10H2,1H3;2,5H,1H2,(H,6,7)(H,8,9). The number of rotatable bonds is 5. The Morgan fingerprint density at radius 3 is 2.05 bits per heavy atom. The first kappa shape index (κ1) is 17.1. The lowest BCUT2D eigenvalue weighted by molar-refractivity contribution is -0.152. The Morgan fingerprint density at radius 2 is 1.74 bits per heavy atom. The molecule has 0 aromatic heterocycles. The monoisotopic (exact) mass is 269 g/mol. The second kappa shape index (κ2) is 9.07. The summed E-state index contributed by atoms with van der Waals surface area (Å²) in [6, 6.07) is 10.6. The van der Waals surface area contributed by atoms with E-state index in [0.29, 0.717) is 0 Å². The molecule has 1 rings (SSSR count). The molecule has 6 heteroatoms. The molecular weight excluding hydrogens is 250 g/mol. The van der Waals surface area contributed by atoms with Gasteiger partial charge in [0.15, 0.2) is 6.10 Å². The minimum Gasteiger partial charge on any atom is -0.481 e. The number of hydrogen-bond donors (Lipinski definition) is 4. The highest BCUT2D eigenvalue weighted by atomic mass is 16.4. The van der Waals surface area contributed by atoms with Crippen LogP contribution in [0.1, 0.15) is 18.9 Å². The van der Waals surface area contributed by atoms with E-state index in [9.17, 15) is 9.59 Å². The van der Waals surface area contributed by atoms with Crippen LogP contribution in [0, 0.1) is 0 Å². The summed E-state index contributed by atoms with van der Waals surface area (Å²) < 4.78 is 0. The summed E-state index contributed by atoms with van der Waals surface area (Å²) >= 11 is 0. The van der Waals surface area contributed by atoms with Crippen LogP contribution < -0.4 is 5.73 Å². The van der Waals surface area contributed by atoms with Crippen molar-refractivity contribution in [2.75, 3.05) is 0 Å². The van der Waals surface area contributed by atoms with Gasteiger partial charge in [0.2, 0.25) is 0 Å². The van der Waals surface area contributed by atoms with Crippen molar-refractivity contribution in [3.63, 3.8) is 0 Å². The number of aliphatic hydroxyl groups excluding tert-OH is 1. The molecule has 19 heavy (non-hydrogen) atoms. The van der Waals surface area contributed by atoms with E-state index >= 15 is 0 Å². The Kier molecular flexibility index (Phi) is 8.15. The van der Waals surface area contributed by atoms with Gasteiger partial charge < -0.3 is 21.1 Å². The van der Waals surface area contributed by atoms with E-state index in [1.807, 2.05) is 25.1 Å². The van der Waals surface area contributed by atoms with Crippen LogP contribution in [0.5, 0.6) is 0 Å². The lowest BCUT2D eigenvalue weighted by Crippen LogP contribution is -2.22. The maximum Gasteiger partial charge on any atom is 0.333 e. The molecule has 0 aliphatic rings. The first-order valence-electron chi connectivity index (χ1n) is 5.75. The van der Waals surface area contributed by atoms with Gasteiger partial charge in [0.25, 0.3) is 0 Å². The fraction of sp³-hybridized carbons (Fsp3) is 0.385. The molecule has 0 spiro atoms. The molecule has 0 aliphatic heterocycles. The molecule has 0 heterocycles. The number of carbonyl (C=O) groups is 2. The zero-order valence-corrected chi connectivity index (χ0v) is 10.7. The largest absolute Gasteiger partial charge is 0.481 e. The predicted octanol–water partition coefficient (Wildman–Crippen LogP) is 0.483. The van der Waals surface area contributed by atoms with Gasteiger partial charge in [0.05, 0.1) is 6.42 Å². The molecule has 0 saturated heterocycles. The van der Waals surface area contributed by atoms with Crippen molar-refractivity contribution in [1.29, 1.82) is 0 Å². The van der Waals surface area contributed by atoms with E-state index in [-0.39, 0.29) is 6.04 Å². The summed E-state index contributed by atoms with van der Waals surface area (Å²) in [5, 5.41) is 24.1. The summed E-state index contributed by atoms with van der Waals surface area (Å²) in [6.07, 6.45) is -1.57. The van der Waals surface area contributed by atoms with Crippen LogP contribution in [0.15, 0.2) is 30.3 Å². The molecule has 0 saturated carbocycles. The third-order valence-electron chi connectivity index (χ3n) is 2.05. The lowest BCUT2D eigenvalue weighted by atomic mass is 10.1. The number of carboxylic acids is 2. The maximum atomic E-state index is 9.72. The zero-order chi connectivity index (χ0) is 14.8. The van der Waals surface area contributed by atoms with Crippen molar-refractivity contribution in [2.45, 2.75) is 31.9 Å². The Balaban J connectivity index is 0.000000344. The van der Waals surface area contributed by atoms with E-state index in [1.165, 1.54) is 5.56 Å². The van der Waals surface area contributed by atoms with Crippen LogP contribution in [0.2, 0.25) is 0 Å². The quantitative estimate of drug-likeness (QED) is 0.617. The molecule has 6 nitrogen and oxygen atoms in total. The van der Waals surface area contributed by atoms with E-state index in [0.717, 1.165) is 6.42 Å². The average molecular weight is 269 g/mol. The van der Waals surface area contributed by atoms with Crippen LogP contribution in [0.4, 0.5) is 0 Å². The van der Waals surface area contributed by atoms with E-state index < -0.39 is 24.5 Å². The molecule has 0 bridgehead atoms. The van der Waals surface area contributed by atoms with Crippen LogP contribution in [0.25, 0.3) is 0 Å². The smallest absolute Gasteiger partial charge is 0.333 e. The number of carboxylic acid groups (broad SMARTS) is 2. The third-order valence-corrected chi connectivity index (χ3v) is 2.05. The predicted molar refractivity (Wildman–Crippen MR) is 69.7 cm³/mol. The molecule has 2 atom stereocenters. The fourth-order valence-electron chi connectivity index (χ4n) is 1.24. The SMILES string of the molecule is CC(N)Cc1ccccc1.O=C(O)CC(O)C(=O)O. The van der Waals surface area contributed by atoms with Crippen LogP contribution in [-0.2, 0) is 16.0 Å². The highest BCUT2D eigenvalue weighted by molar-refractivity contribution is 5.79. The van der Waals surface area contributed by atoms with Gasteiger partial charge in [-0.1, -0.05) is 30.3 Å². The van der Waals surface area contributed by atoms with Crippen molar-refractivity contribution >= 4 is 11.9 Å². The third kappa shape index (κ3) is 9.75. The Bertz CT molecular complexity index is 391. The van der Waals surface area contributed by atoms with E-state index in [4.69, 9.17) is 21.1 Å². The van der Waals surface area contributed by atoms with E-state index in [2.05, 4.69) is 12.1 Å². The van der Waals surface area contributed by atoms with Crippen molar-refractivity contribution in [2.24, 2.45) is 5.73 Å². The first-order valence-corrected chi connectivity index (χ1v) is 5.75. The lowest BCUT2D eigenvalue weighted by Gasteiger charge is -2.02. The number of aliphatic hydroxyl groups is 1. The van der Waals surface area contributed by atoms with Crippen molar-refractivity contribution in [1.82, 2.24) is 0 Å². The second-order valence-corrected chi connectivity index (χ2v) is 4.12.